The first kappa shape index (κ1) is 23.7. The van der Waals surface area contributed by atoms with Gasteiger partial charge in [-0.15, -0.1) is 0 Å². The van der Waals surface area contributed by atoms with Gasteiger partial charge in [0.15, 0.2) is 0 Å². The van der Waals surface area contributed by atoms with Gasteiger partial charge in [0.1, 0.15) is 5.82 Å². The van der Waals surface area contributed by atoms with E-state index in [4.69, 9.17) is 5.26 Å². The van der Waals surface area contributed by atoms with Crippen molar-refractivity contribution in [1.29, 1.82) is 5.26 Å². The van der Waals surface area contributed by atoms with Crippen LogP contribution in [0.4, 0.5) is 14.9 Å². The molecule has 6 heteroatoms. The van der Waals surface area contributed by atoms with Crippen molar-refractivity contribution >= 4 is 11.7 Å². The number of amides is 2. The number of halogens is 1. The molecule has 32 heavy (non-hydrogen) atoms. The molecule has 1 fully saturated rings. The molecule has 0 saturated carbocycles. The van der Waals surface area contributed by atoms with Crippen molar-refractivity contribution in [3.8, 4) is 6.07 Å². The van der Waals surface area contributed by atoms with Gasteiger partial charge in [-0.3, -0.25) is 0 Å². The van der Waals surface area contributed by atoms with Crippen molar-refractivity contribution in [2.24, 2.45) is 5.92 Å². The third kappa shape index (κ3) is 7.35. The van der Waals surface area contributed by atoms with E-state index < -0.39 is 0 Å². The largest absolute Gasteiger partial charge is 0.338 e. The standard InChI is InChI=1S/C26H33FN4O/c1-2-14-31-15-12-21(16-20-8-10-23(27)11-9-20)18-25(31)7-4-13-29-26(32)30-24-6-3-5-22(17-24)19-28/h3,5-6,8-11,17,21,25H,2,4,7,12-16,18H2,1H3,(H2,29,30,32)/t21-,25-/m0/s1. The molecule has 2 atom stereocenters. The number of rotatable bonds is 9. The highest BCUT2D eigenvalue weighted by Crippen LogP contribution is 2.28. The van der Waals surface area contributed by atoms with E-state index in [9.17, 15) is 9.18 Å². The molecule has 2 aromatic rings. The van der Waals surface area contributed by atoms with E-state index in [1.807, 2.05) is 12.1 Å². The Kier molecular flexibility index (Phi) is 9.06. The maximum atomic E-state index is 13.2. The molecule has 1 saturated heterocycles. The molecule has 0 unspecified atom stereocenters. The lowest BCUT2D eigenvalue weighted by Gasteiger charge is -2.40. The topological polar surface area (TPSA) is 68.2 Å². The third-order valence-corrected chi connectivity index (χ3v) is 6.14. The van der Waals surface area contributed by atoms with Crippen molar-refractivity contribution in [2.75, 3.05) is 25.0 Å². The Morgan fingerprint density at radius 2 is 2.06 bits per heavy atom. The van der Waals surface area contributed by atoms with E-state index >= 15 is 0 Å². The van der Waals surface area contributed by atoms with Crippen LogP contribution >= 0.6 is 0 Å². The first-order valence-corrected chi connectivity index (χ1v) is 11.6. The minimum atomic E-state index is -0.247. The summed E-state index contributed by atoms with van der Waals surface area (Å²) in [7, 11) is 0. The summed E-state index contributed by atoms with van der Waals surface area (Å²) < 4.78 is 13.2. The average molecular weight is 437 g/mol. The van der Waals surface area contributed by atoms with E-state index in [1.54, 1.807) is 36.4 Å². The number of carbonyl (C=O) groups is 1. The number of hydrogen-bond acceptors (Lipinski definition) is 3. The molecule has 3 rings (SSSR count). The van der Waals surface area contributed by atoms with E-state index in [-0.39, 0.29) is 11.8 Å². The van der Waals surface area contributed by atoms with Crippen molar-refractivity contribution in [1.82, 2.24) is 10.2 Å². The molecule has 1 aliphatic heterocycles. The number of urea groups is 1. The molecular weight excluding hydrogens is 403 g/mol. The Morgan fingerprint density at radius 1 is 1.25 bits per heavy atom. The van der Waals surface area contributed by atoms with Crippen molar-refractivity contribution in [3.63, 3.8) is 0 Å². The second-order valence-corrected chi connectivity index (χ2v) is 8.63. The second kappa shape index (κ2) is 12.2. The summed E-state index contributed by atoms with van der Waals surface area (Å²) in [5.41, 5.74) is 2.34. The summed E-state index contributed by atoms with van der Waals surface area (Å²) in [6.45, 7) is 5.04. The van der Waals surface area contributed by atoms with E-state index in [1.165, 1.54) is 12.0 Å². The molecule has 2 amide bonds. The summed E-state index contributed by atoms with van der Waals surface area (Å²) in [5.74, 6) is 0.431. The third-order valence-electron chi connectivity index (χ3n) is 6.14. The number of benzene rings is 2. The van der Waals surface area contributed by atoms with Gasteiger partial charge in [-0.1, -0.05) is 25.1 Å². The lowest BCUT2D eigenvalue weighted by molar-refractivity contribution is 0.104. The predicted octanol–water partition coefficient (Wildman–Crippen LogP) is 5.33. The van der Waals surface area contributed by atoms with E-state index in [0.29, 0.717) is 29.8 Å². The summed E-state index contributed by atoms with van der Waals surface area (Å²) in [4.78, 5) is 14.8. The van der Waals surface area contributed by atoms with Crippen LogP contribution in [0.5, 0.6) is 0 Å². The lowest BCUT2D eigenvalue weighted by atomic mass is 9.84. The number of piperidine rings is 1. The zero-order valence-electron chi connectivity index (χ0n) is 18.8. The minimum absolute atomic E-state index is 0.182. The fourth-order valence-electron chi connectivity index (χ4n) is 4.59. The fraction of sp³-hybridized carbons (Fsp3) is 0.462. The Labute approximate surface area is 190 Å². The number of likely N-dealkylation sites (tertiary alicyclic amines) is 1. The summed E-state index contributed by atoms with van der Waals surface area (Å²) in [6.07, 6.45) is 6.42. The summed E-state index contributed by atoms with van der Waals surface area (Å²) in [5, 5.41) is 14.7. The van der Waals surface area contributed by atoms with Crippen LogP contribution in [0.2, 0.25) is 0 Å². The van der Waals surface area contributed by atoms with Crippen LogP contribution in [-0.4, -0.2) is 36.6 Å². The molecule has 5 nitrogen and oxygen atoms in total. The van der Waals surface area contributed by atoms with Gasteiger partial charge in [-0.2, -0.15) is 5.26 Å². The fourth-order valence-corrected chi connectivity index (χ4v) is 4.59. The van der Waals surface area contributed by atoms with Crippen molar-refractivity contribution in [3.05, 3.63) is 65.5 Å². The summed E-state index contributed by atoms with van der Waals surface area (Å²) in [6, 6.07) is 16.1. The first-order valence-electron chi connectivity index (χ1n) is 11.6. The highest BCUT2D eigenvalue weighted by molar-refractivity contribution is 5.89. The molecule has 0 aliphatic carbocycles. The Hall–Kier alpha value is -2.91. The molecule has 0 bridgehead atoms. The molecule has 0 aromatic heterocycles. The number of nitrogens with zero attached hydrogens (tertiary/aromatic N) is 2. The predicted molar refractivity (Wildman–Crippen MR) is 126 cm³/mol. The zero-order chi connectivity index (χ0) is 22.8. The van der Waals surface area contributed by atoms with E-state index in [0.717, 1.165) is 45.2 Å². The van der Waals surface area contributed by atoms with Crippen LogP contribution in [0.15, 0.2) is 48.5 Å². The van der Waals surface area contributed by atoms with Gasteiger partial charge in [-0.25, -0.2) is 9.18 Å². The maximum absolute atomic E-state index is 13.2. The summed E-state index contributed by atoms with van der Waals surface area (Å²) >= 11 is 0. The molecule has 0 radical (unpaired) electrons. The van der Waals surface area contributed by atoms with Crippen molar-refractivity contribution in [2.45, 2.75) is 51.5 Å². The molecule has 0 spiro atoms. The van der Waals surface area contributed by atoms with Gasteiger partial charge >= 0.3 is 6.03 Å². The van der Waals surface area contributed by atoms with E-state index in [2.05, 4.69) is 28.5 Å². The molecule has 2 N–H and O–H groups in total. The highest BCUT2D eigenvalue weighted by Gasteiger charge is 2.27. The number of carbonyl (C=O) groups excluding carboxylic acids is 1. The molecule has 170 valence electrons. The van der Waals surface area contributed by atoms with Crippen LogP contribution in [0.25, 0.3) is 0 Å². The monoisotopic (exact) mass is 436 g/mol. The average Bonchev–Trinajstić information content (AvgIpc) is 2.80. The van der Waals surface area contributed by atoms with Crippen LogP contribution in [0.3, 0.4) is 0 Å². The first-order chi connectivity index (χ1) is 15.6. The normalized spacial score (nSPS) is 18.7. The number of nitriles is 1. The van der Waals surface area contributed by atoms with Gasteiger partial charge in [0.05, 0.1) is 11.6 Å². The van der Waals surface area contributed by atoms with Gasteiger partial charge in [0, 0.05) is 18.3 Å². The van der Waals surface area contributed by atoms with Crippen LogP contribution in [0, 0.1) is 23.1 Å². The van der Waals surface area contributed by atoms with Crippen LogP contribution in [0.1, 0.15) is 50.2 Å². The van der Waals surface area contributed by atoms with Crippen LogP contribution < -0.4 is 10.6 Å². The maximum Gasteiger partial charge on any atom is 0.319 e. The van der Waals surface area contributed by atoms with Crippen LogP contribution in [-0.2, 0) is 6.42 Å². The SMILES string of the molecule is CCCN1CC[C@@H](Cc2ccc(F)cc2)C[C@@H]1CCCNC(=O)Nc1cccc(C#N)c1. The van der Waals surface area contributed by atoms with Gasteiger partial charge in [0.2, 0.25) is 0 Å². The molecule has 1 aliphatic rings. The molecule has 1 heterocycles. The molecule has 2 aromatic carbocycles. The van der Waals surface area contributed by atoms with Gasteiger partial charge in [-0.05, 0) is 93.4 Å². The Bertz CT molecular complexity index is 909. The number of hydrogen-bond donors (Lipinski definition) is 2. The smallest absolute Gasteiger partial charge is 0.319 e. The molecular formula is C26H33FN4O. The van der Waals surface area contributed by atoms with Gasteiger partial charge in [0.25, 0.3) is 0 Å². The zero-order valence-corrected chi connectivity index (χ0v) is 18.8. The Balaban J connectivity index is 1.44. The minimum Gasteiger partial charge on any atom is -0.338 e. The van der Waals surface area contributed by atoms with Crippen molar-refractivity contribution < 1.29 is 9.18 Å². The highest BCUT2D eigenvalue weighted by atomic mass is 19.1. The second-order valence-electron chi connectivity index (χ2n) is 8.63. The number of nitrogens with one attached hydrogen (secondary N) is 2. The lowest BCUT2D eigenvalue weighted by Crippen LogP contribution is -2.43. The quantitative estimate of drug-likeness (QED) is 0.522. The Morgan fingerprint density at radius 3 is 2.81 bits per heavy atom. The number of anilines is 1. The van der Waals surface area contributed by atoms with Gasteiger partial charge < -0.3 is 15.5 Å².